The average Bonchev–Trinajstić information content (AvgIpc) is 2.94. The summed E-state index contributed by atoms with van der Waals surface area (Å²) in [5.74, 6) is 1.07. The van der Waals surface area contributed by atoms with Crippen molar-refractivity contribution in [2.75, 3.05) is 14.2 Å². The summed E-state index contributed by atoms with van der Waals surface area (Å²) in [4.78, 5) is 11.0. The molecule has 8 heteroatoms. The van der Waals surface area contributed by atoms with Crippen molar-refractivity contribution in [2.45, 2.75) is 17.4 Å². The second-order valence-electron chi connectivity index (χ2n) is 4.10. The summed E-state index contributed by atoms with van der Waals surface area (Å²) in [6, 6.07) is 5.25. The fourth-order valence-electron chi connectivity index (χ4n) is 1.55. The van der Waals surface area contributed by atoms with Gasteiger partial charge in [0.15, 0.2) is 0 Å². The SMILES string of the molecule is COc1ccc(-c2nnc(S[C@H](C)C(N)=O)o2)c(OC)c1. The lowest BCUT2D eigenvalue weighted by molar-refractivity contribution is -0.117. The van der Waals surface area contributed by atoms with Gasteiger partial charge in [0, 0.05) is 6.07 Å². The van der Waals surface area contributed by atoms with E-state index in [1.165, 1.54) is 0 Å². The number of nitrogens with zero attached hydrogens (tertiary/aromatic N) is 2. The fourth-order valence-corrected chi connectivity index (χ4v) is 2.18. The van der Waals surface area contributed by atoms with Crippen LogP contribution in [0.1, 0.15) is 6.92 Å². The highest BCUT2D eigenvalue weighted by Gasteiger charge is 2.18. The van der Waals surface area contributed by atoms with Crippen molar-refractivity contribution in [1.82, 2.24) is 10.2 Å². The number of ether oxygens (including phenoxy) is 2. The van der Waals surface area contributed by atoms with Crippen LogP contribution >= 0.6 is 11.8 Å². The van der Waals surface area contributed by atoms with Gasteiger partial charge in [0.2, 0.25) is 5.91 Å². The Balaban J connectivity index is 2.27. The van der Waals surface area contributed by atoms with Gasteiger partial charge in [-0.15, -0.1) is 10.2 Å². The number of carbonyl (C=O) groups is 1. The number of primary amides is 1. The Morgan fingerprint density at radius 2 is 2.10 bits per heavy atom. The summed E-state index contributed by atoms with van der Waals surface area (Å²) in [5, 5.41) is 7.66. The van der Waals surface area contributed by atoms with Gasteiger partial charge in [0.25, 0.3) is 11.1 Å². The number of aromatic nitrogens is 2. The van der Waals surface area contributed by atoms with Gasteiger partial charge in [-0.05, 0) is 19.1 Å². The quantitative estimate of drug-likeness (QED) is 0.811. The molecular weight excluding hydrogens is 294 g/mol. The van der Waals surface area contributed by atoms with Gasteiger partial charge in [0.1, 0.15) is 11.5 Å². The maximum atomic E-state index is 11.0. The molecule has 0 radical (unpaired) electrons. The van der Waals surface area contributed by atoms with Crippen LogP contribution < -0.4 is 15.2 Å². The molecule has 0 unspecified atom stereocenters. The van der Waals surface area contributed by atoms with Crippen molar-refractivity contribution in [3.05, 3.63) is 18.2 Å². The molecule has 2 N–H and O–H groups in total. The average molecular weight is 309 g/mol. The predicted molar refractivity (Wildman–Crippen MR) is 77.4 cm³/mol. The van der Waals surface area contributed by atoms with E-state index >= 15 is 0 Å². The van der Waals surface area contributed by atoms with Gasteiger partial charge >= 0.3 is 0 Å². The van der Waals surface area contributed by atoms with Crippen molar-refractivity contribution in [3.8, 4) is 23.0 Å². The molecule has 2 rings (SSSR count). The highest BCUT2D eigenvalue weighted by Crippen LogP contribution is 2.34. The molecular formula is C13H15N3O4S. The van der Waals surface area contributed by atoms with E-state index in [4.69, 9.17) is 19.6 Å². The molecule has 0 spiro atoms. The molecule has 21 heavy (non-hydrogen) atoms. The molecule has 1 aromatic heterocycles. The first-order valence-corrected chi connectivity index (χ1v) is 6.95. The monoisotopic (exact) mass is 309 g/mol. The third kappa shape index (κ3) is 3.46. The molecule has 0 bridgehead atoms. The van der Waals surface area contributed by atoms with E-state index in [1.807, 2.05) is 0 Å². The molecule has 1 aromatic carbocycles. The highest BCUT2D eigenvalue weighted by molar-refractivity contribution is 8.00. The first-order valence-electron chi connectivity index (χ1n) is 6.07. The summed E-state index contributed by atoms with van der Waals surface area (Å²) in [5.41, 5.74) is 5.84. The largest absolute Gasteiger partial charge is 0.497 e. The number of carbonyl (C=O) groups excluding carboxylic acids is 1. The Hall–Kier alpha value is -2.22. The summed E-state index contributed by atoms with van der Waals surface area (Å²) in [7, 11) is 3.11. The molecule has 0 aliphatic heterocycles. The van der Waals surface area contributed by atoms with Crippen molar-refractivity contribution in [1.29, 1.82) is 0 Å². The van der Waals surface area contributed by atoms with Crippen molar-refractivity contribution in [2.24, 2.45) is 5.73 Å². The number of hydrogen-bond donors (Lipinski definition) is 1. The van der Waals surface area contributed by atoms with E-state index in [9.17, 15) is 4.79 Å². The molecule has 0 fully saturated rings. The van der Waals surface area contributed by atoms with Gasteiger partial charge < -0.3 is 19.6 Å². The Kier molecular flexibility index (Phi) is 4.69. The number of methoxy groups -OCH3 is 2. The van der Waals surface area contributed by atoms with E-state index in [0.717, 1.165) is 11.8 Å². The second-order valence-corrected chi connectivity index (χ2v) is 5.39. The van der Waals surface area contributed by atoms with E-state index < -0.39 is 11.2 Å². The zero-order valence-corrected chi connectivity index (χ0v) is 12.6. The minimum absolute atomic E-state index is 0.272. The minimum atomic E-state index is -0.448. The molecule has 1 heterocycles. The van der Waals surface area contributed by atoms with Crippen molar-refractivity contribution in [3.63, 3.8) is 0 Å². The topological polar surface area (TPSA) is 100 Å². The lowest BCUT2D eigenvalue weighted by Crippen LogP contribution is -2.22. The van der Waals surface area contributed by atoms with Crippen LogP contribution in [0.15, 0.2) is 27.8 Å². The molecule has 112 valence electrons. The van der Waals surface area contributed by atoms with Gasteiger partial charge in [0.05, 0.1) is 25.0 Å². The predicted octanol–water partition coefficient (Wildman–Crippen LogP) is 1.72. The van der Waals surface area contributed by atoms with E-state index in [1.54, 1.807) is 39.3 Å². The Bertz CT molecular complexity index is 644. The summed E-state index contributed by atoms with van der Waals surface area (Å²) in [6.07, 6.45) is 0. The van der Waals surface area contributed by atoms with Crippen molar-refractivity contribution < 1.29 is 18.7 Å². The van der Waals surface area contributed by atoms with E-state index in [2.05, 4.69) is 10.2 Å². The highest BCUT2D eigenvalue weighted by atomic mass is 32.2. The van der Waals surface area contributed by atoms with Crippen LogP contribution in [-0.4, -0.2) is 35.6 Å². The zero-order chi connectivity index (χ0) is 15.4. The third-order valence-electron chi connectivity index (χ3n) is 2.72. The first-order chi connectivity index (χ1) is 10.0. The van der Waals surface area contributed by atoms with Crippen LogP contribution in [0.5, 0.6) is 11.5 Å². The Morgan fingerprint density at radius 3 is 2.71 bits per heavy atom. The number of thioether (sulfide) groups is 1. The normalized spacial score (nSPS) is 12.0. The van der Waals surface area contributed by atoms with Gasteiger partial charge in [-0.3, -0.25) is 4.79 Å². The van der Waals surface area contributed by atoms with E-state index in [-0.39, 0.29) is 5.22 Å². The van der Waals surface area contributed by atoms with Gasteiger partial charge in [-0.25, -0.2) is 0 Å². The van der Waals surface area contributed by atoms with Crippen LogP contribution in [0.4, 0.5) is 0 Å². The van der Waals surface area contributed by atoms with Gasteiger partial charge in [-0.2, -0.15) is 0 Å². The van der Waals surface area contributed by atoms with Crippen molar-refractivity contribution >= 4 is 17.7 Å². The number of amides is 1. The maximum absolute atomic E-state index is 11.0. The van der Waals surface area contributed by atoms with Gasteiger partial charge in [-0.1, -0.05) is 11.8 Å². The fraction of sp³-hybridized carbons (Fsp3) is 0.308. The van der Waals surface area contributed by atoms with Crippen LogP contribution in [0.3, 0.4) is 0 Å². The standard InChI is InChI=1S/C13H15N3O4S/c1-7(11(14)17)21-13-16-15-12(20-13)9-5-4-8(18-2)6-10(9)19-3/h4-7H,1-3H3,(H2,14,17)/t7-/m1/s1. The molecule has 0 saturated heterocycles. The van der Waals surface area contributed by atoms with Crippen LogP contribution in [0.25, 0.3) is 11.5 Å². The molecule has 0 aliphatic carbocycles. The molecule has 2 aromatic rings. The lowest BCUT2D eigenvalue weighted by Gasteiger charge is -2.07. The lowest BCUT2D eigenvalue weighted by atomic mass is 10.2. The minimum Gasteiger partial charge on any atom is -0.497 e. The molecule has 1 amide bonds. The molecule has 0 saturated carbocycles. The molecule has 7 nitrogen and oxygen atoms in total. The smallest absolute Gasteiger partial charge is 0.277 e. The number of benzene rings is 1. The number of nitrogens with two attached hydrogens (primary N) is 1. The maximum Gasteiger partial charge on any atom is 0.277 e. The van der Waals surface area contributed by atoms with Crippen LogP contribution in [-0.2, 0) is 4.79 Å². The second kappa shape index (κ2) is 6.49. The Morgan fingerprint density at radius 1 is 1.33 bits per heavy atom. The summed E-state index contributed by atoms with van der Waals surface area (Å²) in [6.45, 7) is 1.67. The van der Waals surface area contributed by atoms with Crippen LogP contribution in [0, 0.1) is 0 Å². The molecule has 0 aliphatic rings. The summed E-state index contributed by atoms with van der Waals surface area (Å²) < 4.78 is 15.9. The zero-order valence-electron chi connectivity index (χ0n) is 11.8. The number of rotatable bonds is 6. The Labute approximate surface area is 125 Å². The third-order valence-corrected chi connectivity index (χ3v) is 3.68. The number of hydrogen-bond acceptors (Lipinski definition) is 7. The summed E-state index contributed by atoms with van der Waals surface area (Å²) >= 11 is 1.11. The first kappa shape index (κ1) is 15.2. The molecule has 1 atom stereocenters. The van der Waals surface area contributed by atoms with Crippen LogP contribution in [0.2, 0.25) is 0 Å². The van der Waals surface area contributed by atoms with E-state index in [0.29, 0.717) is 23.0 Å².